The second-order valence-electron chi connectivity index (χ2n) is 17.0. The summed E-state index contributed by atoms with van der Waals surface area (Å²) in [6, 6.07) is 50.8. The topological polar surface area (TPSA) is 38.7 Å². The second-order valence-corrected chi connectivity index (χ2v) is 27.1. The standard InChI is InChI=1S/C48H47N3Si2/c1-48(2)41-21-12-9-18-37(41)38-29-28-36(31-42(38)48)35-17-15-16-34(30-35)32-24-26-33(27-25-32)45-49-46(39-19-10-13-22-43(39)52(3,4)5)51-47(50-45)40-20-11-14-23-44(40)53(6,7)8/h9-31H,1-8H3. The van der Waals surface area contributed by atoms with Gasteiger partial charge in [-0.25, -0.2) is 15.0 Å². The van der Waals surface area contributed by atoms with Crippen molar-refractivity contribution in [3.8, 4) is 67.5 Å². The predicted molar refractivity (Wildman–Crippen MR) is 231 cm³/mol. The molecule has 0 fully saturated rings. The van der Waals surface area contributed by atoms with Gasteiger partial charge in [0.15, 0.2) is 17.5 Å². The van der Waals surface area contributed by atoms with E-state index in [1.165, 1.54) is 49.3 Å². The molecule has 7 aromatic rings. The third-order valence-corrected chi connectivity index (χ3v) is 14.9. The molecule has 1 aliphatic carbocycles. The maximum absolute atomic E-state index is 5.22. The van der Waals surface area contributed by atoms with Gasteiger partial charge in [0.1, 0.15) is 0 Å². The molecule has 5 heteroatoms. The molecule has 0 atom stereocenters. The summed E-state index contributed by atoms with van der Waals surface area (Å²) in [5.74, 6) is 2.18. The van der Waals surface area contributed by atoms with Crippen LogP contribution in [-0.2, 0) is 5.41 Å². The summed E-state index contributed by atoms with van der Waals surface area (Å²) >= 11 is 0. The van der Waals surface area contributed by atoms with Crippen molar-refractivity contribution >= 4 is 26.5 Å². The lowest BCUT2D eigenvalue weighted by Gasteiger charge is -2.22. The first-order valence-electron chi connectivity index (χ1n) is 18.7. The van der Waals surface area contributed by atoms with Crippen LogP contribution >= 0.6 is 0 Å². The quantitative estimate of drug-likeness (QED) is 0.154. The van der Waals surface area contributed by atoms with Gasteiger partial charge in [-0.2, -0.15) is 0 Å². The normalized spacial score (nSPS) is 13.4. The van der Waals surface area contributed by atoms with Gasteiger partial charge in [-0.05, 0) is 67.0 Å². The Morgan fingerprint density at radius 1 is 0.358 bits per heavy atom. The molecule has 53 heavy (non-hydrogen) atoms. The van der Waals surface area contributed by atoms with E-state index in [0.717, 1.165) is 33.9 Å². The van der Waals surface area contributed by atoms with Gasteiger partial charge < -0.3 is 0 Å². The van der Waals surface area contributed by atoms with Crippen LogP contribution in [0.25, 0.3) is 67.5 Å². The molecular formula is C48H47N3Si2. The molecular weight excluding hydrogens is 675 g/mol. The molecule has 1 heterocycles. The largest absolute Gasteiger partial charge is 0.208 e. The average Bonchev–Trinajstić information content (AvgIpc) is 3.39. The Morgan fingerprint density at radius 2 is 0.792 bits per heavy atom. The highest BCUT2D eigenvalue weighted by Gasteiger charge is 2.35. The Balaban J connectivity index is 1.18. The van der Waals surface area contributed by atoms with Crippen LogP contribution in [0.4, 0.5) is 0 Å². The maximum atomic E-state index is 5.22. The molecule has 0 N–H and O–H groups in total. The smallest absolute Gasteiger partial charge is 0.164 e. The van der Waals surface area contributed by atoms with E-state index in [-0.39, 0.29) is 5.41 Å². The van der Waals surface area contributed by atoms with Crippen LogP contribution in [0.2, 0.25) is 39.3 Å². The molecule has 0 bridgehead atoms. The third-order valence-electron chi connectivity index (χ3n) is 10.8. The van der Waals surface area contributed by atoms with Crippen LogP contribution in [0.3, 0.4) is 0 Å². The Kier molecular flexibility index (Phi) is 8.55. The van der Waals surface area contributed by atoms with Gasteiger partial charge in [0.25, 0.3) is 0 Å². The van der Waals surface area contributed by atoms with Crippen LogP contribution < -0.4 is 10.4 Å². The van der Waals surface area contributed by atoms with Gasteiger partial charge in [-0.1, -0.05) is 181 Å². The zero-order chi connectivity index (χ0) is 37.1. The zero-order valence-corrected chi connectivity index (χ0v) is 34.1. The minimum atomic E-state index is -1.69. The fourth-order valence-electron chi connectivity index (χ4n) is 7.98. The molecule has 0 unspecified atom stereocenters. The van der Waals surface area contributed by atoms with Crippen molar-refractivity contribution in [1.82, 2.24) is 15.0 Å². The number of hydrogen-bond donors (Lipinski definition) is 0. The summed E-state index contributed by atoms with van der Waals surface area (Å²) in [5.41, 5.74) is 13.5. The summed E-state index contributed by atoms with van der Waals surface area (Å²) in [7, 11) is -3.38. The van der Waals surface area contributed by atoms with Crippen molar-refractivity contribution < 1.29 is 0 Å². The Hall–Kier alpha value is -5.24. The Bertz CT molecular complexity index is 2430. The highest BCUT2D eigenvalue weighted by atomic mass is 28.3. The number of nitrogens with zero attached hydrogens (tertiary/aromatic N) is 3. The van der Waals surface area contributed by atoms with E-state index in [2.05, 4.69) is 193 Å². The fourth-order valence-corrected chi connectivity index (χ4v) is 11.2. The van der Waals surface area contributed by atoms with Crippen molar-refractivity contribution in [3.05, 3.63) is 151 Å². The van der Waals surface area contributed by atoms with Crippen molar-refractivity contribution in [2.75, 3.05) is 0 Å². The molecule has 0 amide bonds. The van der Waals surface area contributed by atoms with E-state index in [4.69, 9.17) is 15.0 Å². The average molecular weight is 722 g/mol. The van der Waals surface area contributed by atoms with Gasteiger partial charge in [0.2, 0.25) is 0 Å². The van der Waals surface area contributed by atoms with E-state index in [1.807, 2.05) is 0 Å². The third kappa shape index (κ3) is 6.43. The van der Waals surface area contributed by atoms with E-state index >= 15 is 0 Å². The monoisotopic (exact) mass is 721 g/mol. The van der Waals surface area contributed by atoms with Gasteiger partial charge in [0.05, 0.1) is 16.1 Å². The van der Waals surface area contributed by atoms with Crippen LogP contribution in [0, 0.1) is 0 Å². The molecule has 6 aromatic carbocycles. The molecule has 8 rings (SSSR count). The molecule has 0 saturated carbocycles. The summed E-state index contributed by atoms with van der Waals surface area (Å²) in [4.78, 5) is 15.6. The molecule has 0 aliphatic heterocycles. The van der Waals surface area contributed by atoms with E-state index in [1.54, 1.807) is 0 Å². The van der Waals surface area contributed by atoms with Gasteiger partial charge >= 0.3 is 0 Å². The van der Waals surface area contributed by atoms with Gasteiger partial charge in [-0.3, -0.25) is 0 Å². The lowest BCUT2D eigenvalue weighted by atomic mass is 9.81. The van der Waals surface area contributed by atoms with Crippen molar-refractivity contribution in [2.24, 2.45) is 0 Å². The lowest BCUT2D eigenvalue weighted by molar-refractivity contribution is 0.660. The number of fused-ring (bicyclic) bond motifs is 3. The van der Waals surface area contributed by atoms with Crippen molar-refractivity contribution in [2.45, 2.75) is 58.5 Å². The molecule has 1 aliphatic rings. The van der Waals surface area contributed by atoms with Crippen molar-refractivity contribution in [1.29, 1.82) is 0 Å². The molecule has 0 spiro atoms. The molecule has 3 nitrogen and oxygen atoms in total. The summed E-state index contributed by atoms with van der Waals surface area (Å²) in [6.07, 6.45) is 0. The number of aromatic nitrogens is 3. The highest BCUT2D eigenvalue weighted by molar-refractivity contribution is 6.90. The molecule has 1 aromatic heterocycles. The summed E-state index contributed by atoms with van der Waals surface area (Å²) in [6.45, 7) is 19.0. The van der Waals surface area contributed by atoms with Crippen LogP contribution in [-0.4, -0.2) is 31.1 Å². The zero-order valence-electron chi connectivity index (χ0n) is 32.1. The molecule has 0 radical (unpaired) electrons. The number of benzene rings is 6. The van der Waals surface area contributed by atoms with Crippen LogP contribution in [0.5, 0.6) is 0 Å². The molecule has 0 saturated heterocycles. The van der Waals surface area contributed by atoms with Gasteiger partial charge in [-0.15, -0.1) is 0 Å². The van der Waals surface area contributed by atoms with Crippen molar-refractivity contribution in [3.63, 3.8) is 0 Å². The minimum absolute atomic E-state index is 0.0301. The second kappa shape index (κ2) is 13.0. The summed E-state index contributed by atoms with van der Waals surface area (Å²) < 4.78 is 0. The first-order valence-corrected chi connectivity index (χ1v) is 25.7. The lowest BCUT2D eigenvalue weighted by Crippen LogP contribution is -2.39. The minimum Gasteiger partial charge on any atom is -0.208 e. The highest BCUT2D eigenvalue weighted by Crippen LogP contribution is 2.49. The number of rotatable bonds is 7. The Labute approximate surface area is 316 Å². The SMILES string of the molecule is CC1(C)c2ccccc2-c2ccc(-c3cccc(-c4ccc(-c5nc(-c6ccccc6[Si](C)(C)C)nc(-c6ccccc6[Si](C)(C)C)n5)cc4)c3)cc21. The first-order chi connectivity index (χ1) is 25.3. The predicted octanol–water partition coefficient (Wildman–Crippen LogP) is 11.6. The number of hydrogen-bond acceptors (Lipinski definition) is 3. The molecule has 262 valence electrons. The van der Waals surface area contributed by atoms with E-state index < -0.39 is 16.1 Å². The van der Waals surface area contributed by atoms with Crippen LogP contribution in [0.15, 0.2) is 140 Å². The van der Waals surface area contributed by atoms with Crippen LogP contribution in [0.1, 0.15) is 25.0 Å². The first kappa shape index (κ1) is 34.8. The Morgan fingerprint density at radius 3 is 1.38 bits per heavy atom. The van der Waals surface area contributed by atoms with E-state index in [9.17, 15) is 0 Å². The fraction of sp³-hybridized carbons (Fsp3) is 0.188. The van der Waals surface area contributed by atoms with Gasteiger partial charge in [0, 0.05) is 22.1 Å². The summed E-state index contributed by atoms with van der Waals surface area (Å²) in [5, 5.41) is 2.71. The van der Waals surface area contributed by atoms with E-state index in [0.29, 0.717) is 5.82 Å². The maximum Gasteiger partial charge on any atom is 0.164 e.